The van der Waals surface area contributed by atoms with E-state index in [4.69, 9.17) is 4.74 Å². The van der Waals surface area contributed by atoms with Gasteiger partial charge in [-0.1, -0.05) is 18.2 Å². The van der Waals surface area contributed by atoms with E-state index in [1.54, 1.807) is 4.90 Å². The lowest BCUT2D eigenvalue weighted by Gasteiger charge is -2.27. The fourth-order valence-corrected chi connectivity index (χ4v) is 2.23. The molecule has 0 bridgehead atoms. The van der Waals surface area contributed by atoms with Crippen LogP contribution in [0.3, 0.4) is 0 Å². The molecule has 104 valence electrons. The largest absolute Gasteiger partial charge is 0.376 e. The van der Waals surface area contributed by atoms with Crippen LogP contribution in [-0.2, 0) is 9.53 Å². The van der Waals surface area contributed by atoms with Gasteiger partial charge in [-0.15, -0.1) is 0 Å². The summed E-state index contributed by atoms with van der Waals surface area (Å²) in [6.07, 6.45) is 3.61. The molecule has 2 rings (SSSR count). The van der Waals surface area contributed by atoms with Crippen LogP contribution in [0.5, 0.6) is 0 Å². The van der Waals surface area contributed by atoms with Crippen LogP contribution in [0.25, 0.3) is 0 Å². The normalized spacial score (nSPS) is 18.9. The van der Waals surface area contributed by atoms with Crippen LogP contribution in [0.15, 0.2) is 30.3 Å². The zero-order chi connectivity index (χ0) is 13.5. The summed E-state index contributed by atoms with van der Waals surface area (Å²) >= 11 is 0. The van der Waals surface area contributed by atoms with E-state index in [9.17, 15) is 4.79 Å². The third kappa shape index (κ3) is 4.56. The first-order valence-corrected chi connectivity index (χ1v) is 6.90. The second-order valence-corrected chi connectivity index (χ2v) is 4.98. The van der Waals surface area contributed by atoms with Gasteiger partial charge < -0.3 is 15.0 Å². The lowest BCUT2D eigenvalue weighted by Crippen LogP contribution is -2.39. The first-order chi connectivity index (χ1) is 9.25. The van der Waals surface area contributed by atoms with Crippen LogP contribution in [-0.4, -0.2) is 43.7 Å². The van der Waals surface area contributed by atoms with Gasteiger partial charge in [0.25, 0.3) is 0 Å². The molecule has 0 spiro atoms. The molecule has 19 heavy (non-hydrogen) atoms. The summed E-state index contributed by atoms with van der Waals surface area (Å²) in [5.41, 5.74) is 0.971. The Morgan fingerprint density at radius 1 is 1.37 bits per heavy atom. The monoisotopic (exact) mass is 262 g/mol. The molecule has 1 aliphatic rings. The van der Waals surface area contributed by atoms with Gasteiger partial charge in [-0.2, -0.15) is 0 Å². The Kier molecular flexibility index (Phi) is 5.21. The van der Waals surface area contributed by atoms with Crippen molar-refractivity contribution < 1.29 is 9.53 Å². The number of likely N-dealkylation sites (N-methyl/N-ethyl adjacent to an activating group) is 1. The van der Waals surface area contributed by atoms with Crippen LogP contribution < -0.4 is 5.32 Å². The van der Waals surface area contributed by atoms with E-state index in [2.05, 4.69) is 5.32 Å². The maximum absolute atomic E-state index is 12.0. The van der Waals surface area contributed by atoms with Gasteiger partial charge in [0.15, 0.2) is 0 Å². The molecule has 1 atom stereocenters. The molecule has 0 saturated carbocycles. The number of carbonyl (C=O) groups is 1. The minimum Gasteiger partial charge on any atom is -0.376 e. The lowest BCUT2D eigenvalue weighted by atomic mass is 10.1. The highest BCUT2D eigenvalue weighted by molar-refractivity contribution is 5.80. The molecule has 1 aromatic rings. The smallest absolute Gasteiger partial charge is 0.241 e. The minimum absolute atomic E-state index is 0.0954. The Hall–Kier alpha value is -1.55. The van der Waals surface area contributed by atoms with Gasteiger partial charge in [-0.3, -0.25) is 4.79 Å². The SMILES string of the molecule is CN(CC1CCCCO1)C(=O)CNc1ccccc1. The molecular formula is C15H22N2O2. The third-order valence-corrected chi connectivity index (χ3v) is 3.39. The number of para-hydroxylation sites is 1. The molecule has 0 radical (unpaired) electrons. The van der Waals surface area contributed by atoms with E-state index < -0.39 is 0 Å². The number of hydrogen-bond acceptors (Lipinski definition) is 3. The van der Waals surface area contributed by atoms with Crippen molar-refractivity contribution in [1.29, 1.82) is 0 Å². The minimum atomic E-state index is 0.0954. The van der Waals surface area contributed by atoms with Crippen LogP contribution in [0.2, 0.25) is 0 Å². The Morgan fingerprint density at radius 3 is 2.84 bits per heavy atom. The van der Waals surface area contributed by atoms with Crippen LogP contribution in [0.1, 0.15) is 19.3 Å². The van der Waals surface area contributed by atoms with Gasteiger partial charge in [0.1, 0.15) is 0 Å². The summed E-state index contributed by atoms with van der Waals surface area (Å²) in [5.74, 6) is 0.0954. The van der Waals surface area contributed by atoms with Crippen molar-refractivity contribution in [2.45, 2.75) is 25.4 Å². The lowest BCUT2D eigenvalue weighted by molar-refractivity contribution is -0.130. The van der Waals surface area contributed by atoms with Crippen LogP contribution in [0, 0.1) is 0 Å². The second-order valence-electron chi connectivity index (χ2n) is 4.98. The van der Waals surface area contributed by atoms with Crippen molar-refractivity contribution in [3.05, 3.63) is 30.3 Å². The van der Waals surface area contributed by atoms with Gasteiger partial charge in [-0.25, -0.2) is 0 Å². The summed E-state index contributed by atoms with van der Waals surface area (Å²) in [4.78, 5) is 13.8. The van der Waals surface area contributed by atoms with Crippen molar-refractivity contribution in [1.82, 2.24) is 4.90 Å². The van der Waals surface area contributed by atoms with Crippen molar-refractivity contribution in [2.75, 3.05) is 32.1 Å². The number of rotatable bonds is 5. The molecule has 1 aliphatic heterocycles. The number of hydrogen-bond donors (Lipinski definition) is 1. The van der Waals surface area contributed by atoms with Crippen LogP contribution >= 0.6 is 0 Å². The summed E-state index contributed by atoms with van der Waals surface area (Å²) in [7, 11) is 1.84. The Bertz CT molecular complexity index is 388. The molecule has 1 heterocycles. The predicted molar refractivity (Wildman–Crippen MR) is 76.2 cm³/mol. The predicted octanol–water partition coefficient (Wildman–Crippen LogP) is 2.13. The molecule has 1 unspecified atom stereocenters. The van der Waals surface area contributed by atoms with E-state index >= 15 is 0 Å². The van der Waals surface area contributed by atoms with Crippen molar-refractivity contribution in [3.63, 3.8) is 0 Å². The summed E-state index contributed by atoms with van der Waals surface area (Å²) in [5, 5.41) is 3.13. The van der Waals surface area contributed by atoms with Gasteiger partial charge in [0.2, 0.25) is 5.91 Å². The summed E-state index contributed by atoms with van der Waals surface area (Å²) < 4.78 is 5.65. The number of benzene rings is 1. The third-order valence-electron chi connectivity index (χ3n) is 3.39. The average Bonchev–Trinajstić information content (AvgIpc) is 2.47. The molecule has 1 N–H and O–H groups in total. The van der Waals surface area contributed by atoms with E-state index in [0.29, 0.717) is 13.1 Å². The number of nitrogens with zero attached hydrogens (tertiary/aromatic N) is 1. The Balaban J connectivity index is 1.72. The van der Waals surface area contributed by atoms with Gasteiger partial charge in [0.05, 0.1) is 12.6 Å². The number of amides is 1. The standard InChI is InChI=1S/C15H22N2O2/c1-17(12-14-9-5-6-10-19-14)15(18)11-16-13-7-3-2-4-8-13/h2-4,7-8,14,16H,5-6,9-12H2,1H3. The highest BCUT2D eigenvalue weighted by Gasteiger charge is 2.18. The quantitative estimate of drug-likeness (QED) is 0.884. The van der Waals surface area contributed by atoms with E-state index in [1.807, 2.05) is 37.4 Å². The molecule has 1 fully saturated rings. The first kappa shape index (κ1) is 13.9. The highest BCUT2D eigenvalue weighted by atomic mass is 16.5. The number of nitrogens with one attached hydrogen (secondary N) is 1. The number of ether oxygens (including phenoxy) is 1. The van der Waals surface area contributed by atoms with Gasteiger partial charge >= 0.3 is 0 Å². The van der Waals surface area contributed by atoms with Crippen molar-refractivity contribution in [3.8, 4) is 0 Å². The molecule has 1 aromatic carbocycles. The zero-order valence-electron chi connectivity index (χ0n) is 11.5. The molecule has 1 saturated heterocycles. The maximum Gasteiger partial charge on any atom is 0.241 e. The highest BCUT2D eigenvalue weighted by Crippen LogP contribution is 2.13. The van der Waals surface area contributed by atoms with E-state index in [0.717, 1.165) is 25.1 Å². The molecule has 4 heteroatoms. The molecular weight excluding hydrogens is 240 g/mol. The molecule has 4 nitrogen and oxygen atoms in total. The zero-order valence-corrected chi connectivity index (χ0v) is 11.5. The van der Waals surface area contributed by atoms with Gasteiger partial charge in [0, 0.05) is 25.9 Å². The first-order valence-electron chi connectivity index (χ1n) is 6.90. The molecule has 0 aromatic heterocycles. The van der Waals surface area contributed by atoms with Crippen LogP contribution in [0.4, 0.5) is 5.69 Å². The number of carbonyl (C=O) groups excluding carboxylic acids is 1. The number of anilines is 1. The average molecular weight is 262 g/mol. The van der Waals surface area contributed by atoms with E-state index in [-0.39, 0.29) is 12.0 Å². The fraction of sp³-hybridized carbons (Fsp3) is 0.533. The summed E-state index contributed by atoms with van der Waals surface area (Å²) in [6.45, 7) is 1.84. The Morgan fingerprint density at radius 2 is 2.16 bits per heavy atom. The van der Waals surface area contributed by atoms with Crippen molar-refractivity contribution >= 4 is 11.6 Å². The van der Waals surface area contributed by atoms with Gasteiger partial charge in [-0.05, 0) is 31.4 Å². The van der Waals surface area contributed by atoms with E-state index in [1.165, 1.54) is 6.42 Å². The topological polar surface area (TPSA) is 41.6 Å². The Labute approximate surface area is 114 Å². The molecule has 0 aliphatic carbocycles. The molecule has 1 amide bonds. The maximum atomic E-state index is 12.0. The summed E-state index contributed by atoms with van der Waals surface area (Å²) in [6, 6.07) is 9.77. The van der Waals surface area contributed by atoms with Crippen molar-refractivity contribution in [2.24, 2.45) is 0 Å². The fourth-order valence-electron chi connectivity index (χ4n) is 2.23. The second kappa shape index (κ2) is 7.14.